The van der Waals surface area contributed by atoms with Gasteiger partial charge in [0, 0.05) is 38.7 Å². The van der Waals surface area contributed by atoms with Crippen molar-refractivity contribution in [1.29, 1.82) is 0 Å². The molecule has 5 atom stereocenters. The summed E-state index contributed by atoms with van der Waals surface area (Å²) in [5, 5.41) is 0.684. The smallest absolute Gasteiger partial charge is 0.410 e. The Labute approximate surface area is 267 Å². The number of fused-ring (bicyclic) bond motifs is 1. The lowest BCUT2D eigenvalue weighted by Crippen LogP contribution is -2.55. The van der Waals surface area contributed by atoms with E-state index in [9.17, 15) is 23.6 Å². The highest BCUT2D eigenvalue weighted by Crippen LogP contribution is 2.41. The first kappa shape index (κ1) is 32.4. The van der Waals surface area contributed by atoms with Gasteiger partial charge in [0.2, 0.25) is 0 Å². The lowest BCUT2D eigenvalue weighted by Gasteiger charge is -2.41. The van der Waals surface area contributed by atoms with Crippen LogP contribution in [0.5, 0.6) is 0 Å². The van der Waals surface area contributed by atoms with Crippen LogP contribution >= 0.6 is 15.9 Å². The van der Waals surface area contributed by atoms with Gasteiger partial charge in [0.05, 0.1) is 16.7 Å². The second-order valence-corrected chi connectivity index (χ2v) is 11.8. The molecular weight excluding hydrogens is 655 g/mol. The maximum atomic E-state index is 14.7. The topological polar surface area (TPSA) is 123 Å². The minimum atomic E-state index is -1.26. The van der Waals surface area contributed by atoms with Crippen molar-refractivity contribution in [2.45, 2.75) is 77.2 Å². The molecule has 3 heterocycles. The van der Waals surface area contributed by atoms with Crippen LogP contribution in [0.1, 0.15) is 51.0 Å². The molecule has 0 radical (unpaired) electrons. The fourth-order valence-electron chi connectivity index (χ4n) is 6.03. The summed E-state index contributed by atoms with van der Waals surface area (Å²) in [5.74, 6) is -2.52. The number of aromatic nitrogens is 1. The van der Waals surface area contributed by atoms with Gasteiger partial charge in [-0.15, -0.1) is 0 Å². The van der Waals surface area contributed by atoms with E-state index >= 15 is 0 Å². The van der Waals surface area contributed by atoms with Gasteiger partial charge in [0.1, 0.15) is 12.4 Å². The average Bonchev–Trinajstić information content (AvgIpc) is 3.55. The van der Waals surface area contributed by atoms with Crippen molar-refractivity contribution in [3.63, 3.8) is 0 Å². The number of amides is 1. The van der Waals surface area contributed by atoms with Crippen molar-refractivity contribution < 1.29 is 47.3 Å². The SMILES string of the molecule is CC(=O)O[C@H]1[C@H](OC(C)=O)COC(n2c(Br)c(C[C@@H]3CCCN3C(=O)OCc3ccccc3)c3ccc(F)cc32)[C@@H]1OC(C)=O. The number of hydrogen-bond donors (Lipinski definition) is 0. The van der Waals surface area contributed by atoms with Gasteiger partial charge < -0.3 is 33.2 Å². The minimum absolute atomic E-state index is 0.152. The van der Waals surface area contributed by atoms with Gasteiger partial charge in [-0.25, -0.2) is 9.18 Å². The van der Waals surface area contributed by atoms with Gasteiger partial charge in [0.15, 0.2) is 24.5 Å². The predicted octanol–water partition coefficient (Wildman–Crippen LogP) is 5.21. The number of benzene rings is 2. The van der Waals surface area contributed by atoms with E-state index in [1.54, 1.807) is 15.5 Å². The molecule has 0 N–H and O–H groups in total. The van der Waals surface area contributed by atoms with Crippen LogP contribution < -0.4 is 0 Å². The molecule has 1 aromatic heterocycles. The van der Waals surface area contributed by atoms with Gasteiger partial charge in [-0.2, -0.15) is 0 Å². The van der Waals surface area contributed by atoms with Crippen LogP contribution in [0.25, 0.3) is 10.9 Å². The normalized spacial score (nSPS) is 23.0. The van der Waals surface area contributed by atoms with Crippen molar-refractivity contribution in [3.8, 4) is 0 Å². The quantitative estimate of drug-likeness (QED) is 0.232. The molecule has 5 rings (SSSR count). The third kappa shape index (κ3) is 7.30. The second-order valence-electron chi connectivity index (χ2n) is 11.1. The highest BCUT2D eigenvalue weighted by Gasteiger charge is 2.48. The van der Waals surface area contributed by atoms with Crippen LogP contribution in [0, 0.1) is 5.82 Å². The molecule has 11 nitrogen and oxygen atoms in total. The molecule has 240 valence electrons. The molecule has 2 fully saturated rings. The standard InChI is InChI=1S/C32H34BrFN2O9/c1-18(37)43-27-17-41-31(29(45-20(3)39)28(27)44-19(2)38)36-26-14-22(34)11-12-24(26)25(30(36)33)15-23-10-7-13-35(23)32(40)42-16-21-8-5-4-6-9-21/h4-6,8-9,11-12,14,23,27-29,31H,7,10,13,15-17H2,1-3H3/t23-,27+,28-,29+,31?/m0/s1. The van der Waals surface area contributed by atoms with Crippen LogP contribution in [0.2, 0.25) is 0 Å². The number of rotatable bonds is 8. The Bertz CT molecular complexity index is 1580. The number of nitrogens with zero attached hydrogens (tertiary/aromatic N) is 2. The zero-order chi connectivity index (χ0) is 32.2. The van der Waals surface area contributed by atoms with Crippen molar-refractivity contribution >= 4 is 50.8 Å². The van der Waals surface area contributed by atoms with Gasteiger partial charge in [-0.05, 0) is 64.5 Å². The minimum Gasteiger partial charge on any atom is -0.456 e. The van der Waals surface area contributed by atoms with Crippen molar-refractivity contribution in [2.24, 2.45) is 0 Å². The monoisotopic (exact) mass is 688 g/mol. The van der Waals surface area contributed by atoms with Crippen LogP contribution in [0.3, 0.4) is 0 Å². The summed E-state index contributed by atoms with van der Waals surface area (Å²) in [4.78, 5) is 51.0. The first-order chi connectivity index (χ1) is 21.5. The lowest BCUT2D eigenvalue weighted by atomic mass is 10.0. The Morgan fingerprint density at radius 2 is 1.64 bits per heavy atom. The number of carbonyl (C=O) groups excluding carboxylic acids is 4. The number of hydrogen-bond acceptors (Lipinski definition) is 9. The molecule has 2 aromatic carbocycles. The molecule has 13 heteroatoms. The summed E-state index contributed by atoms with van der Waals surface area (Å²) in [6, 6.07) is 13.5. The summed E-state index contributed by atoms with van der Waals surface area (Å²) in [7, 11) is 0. The third-order valence-corrected chi connectivity index (χ3v) is 8.70. The van der Waals surface area contributed by atoms with E-state index in [0.717, 1.165) is 24.0 Å². The lowest BCUT2D eigenvalue weighted by molar-refractivity contribution is -0.239. The van der Waals surface area contributed by atoms with Crippen LogP contribution in [0.15, 0.2) is 53.1 Å². The summed E-state index contributed by atoms with van der Waals surface area (Å²) in [6.45, 7) is 4.07. The van der Waals surface area contributed by atoms with E-state index < -0.39 is 54.4 Å². The van der Waals surface area contributed by atoms with E-state index in [1.807, 2.05) is 30.3 Å². The highest BCUT2D eigenvalue weighted by atomic mass is 79.9. The zero-order valence-electron chi connectivity index (χ0n) is 25.1. The molecule has 0 saturated carbocycles. The summed E-state index contributed by atoms with van der Waals surface area (Å²) < 4.78 is 45.1. The van der Waals surface area contributed by atoms with Gasteiger partial charge in [-0.3, -0.25) is 14.4 Å². The fraction of sp³-hybridized carbons (Fsp3) is 0.438. The molecule has 2 saturated heterocycles. The maximum Gasteiger partial charge on any atom is 0.410 e. The molecule has 2 aliphatic heterocycles. The van der Waals surface area contributed by atoms with Gasteiger partial charge in [-0.1, -0.05) is 30.3 Å². The molecule has 0 aliphatic carbocycles. The van der Waals surface area contributed by atoms with E-state index in [4.69, 9.17) is 23.7 Å². The molecule has 1 amide bonds. The number of esters is 3. The summed E-state index contributed by atoms with van der Waals surface area (Å²) in [5.41, 5.74) is 2.07. The second kappa shape index (κ2) is 14.0. The summed E-state index contributed by atoms with van der Waals surface area (Å²) in [6.07, 6.45) is -3.12. The van der Waals surface area contributed by atoms with E-state index in [1.165, 1.54) is 32.9 Å². The molecule has 1 unspecified atom stereocenters. The number of carbonyl (C=O) groups is 4. The van der Waals surface area contributed by atoms with E-state index in [0.29, 0.717) is 28.5 Å². The Kier molecular flexibility index (Phi) is 10.1. The highest BCUT2D eigenvalue weighted by molar-refractivity contribution is 9.10. The Balaban J connectivity index is 1.49. The first-order valence-corrected chi connectivity index (χ1v) is 15.4. The Morgan fingerprint density at radius 1 is 0.956 bits per heavy atom. The molecule has 3 aromatic rings. The Morgan fingerprint density at radius 3 is 2.33 bits per heavy atom. The molecule has 0 spiro atoms. The van der Waals surface area contributed by atoms with Gasteiger partial charge in [0.25, 0.3) is 0 Å². The summed E-state index contributed by atoms with van der Waals surface area (Å²) >= 11 is 3.69. The maximum absolute atomic E-state index is 14.7. The van der Waals surface area contributed by atoms with Gasteiger partial charge >= 0.3 is 24.0 Å². The number of halogens is 2. The van der Waals surface area contributed by atoms with Crippen molar-refractivity contribution in [3.05, 3.63) is 70.1 Å². The van der Waals surface area contributed by atoms with Crippen LogP contribution in [0.4, 0.5) is 9.18 Å². The molecular formula is C32H34BrFN2O9. The van der Waals surface area contributed by atoms with E-state index in [2.05, 4.69) is 15.9 Å². The predicted molar refractivity (Wildman–Crippen MR) is 161 cm³/mol. The number of likely N-dealkylation sites (tertiary alicyclic amines) is 1. The first-order valence-electron chi connectivity index (χ1n) is 14.6. The molecule has 0 bridgehead atoms. The van der Waals surface area contributed by atoms with Crippen molar-refractivity contribution in [1.82, 2.24) is 9.47 Å². The Hall–Kier alpha value is -3.97. The van der Waals surface area contributed by atoms with E-state index in [-0.39, 0.29) is 19.3 Å². The van der Waals surface area contributed by atoms with Crippen LogP contribution in [-0.4, -0.2) is 71.0 Å². The zero-order valence-corrected chi connectivity index (χ0v) is 26.7. The molecule has 45 heavy (non-hydrogen) atoms. The fourth-order valence-corrected chi connectivity index (χ4v) is 6.80. The third-order valence-electron chi connectivity index (χ3n) is 7.84. The molecule has 2 aliphatic rings. The van der Waals surface area contributed by atoms with Crippen LogP contribution in [-0.2, 0) is 51.1 Å². The number of ether oxygens (including phenoxy) is 5. The largest absolute Gasteiger partial charge is 0.456 e. The average molecular weight is 690 g/mol. The van der Waals surface area contributed by atoms with Crippen molar-refractivity contribution in [2.75, 3.05) is 13.2 Å².